The minimum Gasteiger partial charge on any atom is -0.497 e. The van der Waals surface area contributed by atoms with Crippen LogP contribution in [0.2, 0.25) is 0 Å². The molecule has 23 heavy (non-hydrogen) atoms. The molecular formula is C17H22N2O3S. The first-order chi connectivity index (χ1) is 10.9. The van der Waals surface area contributed by atoms with E-state index < -0.39 is 10.0 Å². The highest BCUT2D eigenvalue weighted by Crippen LogP contribution is 2.22. The zero-order valence-electron chi connectivity index (χ0n) is 13.6. The summed E-state index contributed by atoms with van der Waals surface area (Å²) in [6, 6.07) is 15.9. The Hall–Kier alpha value is -1.89. The van der Waals surface area contributed by atoms with Gasteiger partial charge in [-0.3, -0.25) is 0 Å². The molecule has 0 saturated carbocycles. The van der Waals surface area contributed by atoms with E-state index in [1.54, 1.807) is 37.4 Å². The van der Waals surface area contributed by atoms with Crippen LogP contribution in [0.3, 0.4) is 0 Å². The molecule has 0 saturated heterocycles. The molecule has 6 heteroatoms. The average molecular weight is 334 g/mol. The molecule has 5 nitrogen and oxygen atoms in total. The summed E-state index contributed by atoms with van der Waals surface area (Å²) >= 11 is 0. The van der Waals surface area contributed by atoms with E-state index in [-0.39, 0.29) is 17.5 Å². The summed E-state index contributed by atoms with van der Waals surface area (Å²) in [7, 11) is 1.93. The van der Waals surface area contributed by atoms with E-state index >= 15 is 0 Å². The number of ether oxygens (including phenoxy) is 1. The van der Waals surface area contributed by atoms with Gasteiger partial charge in [-0.1, -0.05) is 30.3 Å². The van der Waals surface area contributed by atoms with Crippen molar-refractivity contribution in [2.45, 2.75) is 10.9 Å². The Morgan fingerprint density at radius 3 is 2.39 bits per heavy atom. The highest BCUT2D eigenvalue weighted by atomic mass is 32.2. The summed E-state index contributed by atoms with van der Waals surface area (Å²) < 4.78 is 32.6. The fourth-order valence-corrected chi connectivity index (χ4v) is 3.38. The van der Waals surface area contributed by atoms with Gasteiger partial charge in [-0.2, -0.15) is 0 Å². The maximum absolute atomic E-state index is 12.4. The summed E-state index contributed by atoms with van der Waals surface area (Å²) in [5.74, 6) is 0.750. The van der Waals surface area contributed by atoms with E-state index in [9.17, 15) is 8.42 Å². The minimum atomic E-state index is -3.52. The lowest BCUT2D eigenvalue weighted by molar-refractivity contribution is 0.298. The summed E-state index contributed by atoms with van der Waals surface area (Å²) in [4.78, 5) is 2.24. The van der Waals surface area contributed by atoms with Crippen LogP contribution in [0, 0.1) is 0 Å². The number of nitrogens with one attached hydrogen (secondary N) is 1. The Kier molecular flexibility index (Phi) is 5.76. The van der Waals surface area contributed by atoms with Crippen LogP contribution in [0.1, 0.15) is 11.6 Å². The van der Waals surface area contributed by atoms with Gasteiger partial charge >= 0.3 is 0 Å². The topological polar surface area (TPSA) is 58.6 Å². The molecule has 0 bridgehead atoms. The second-order valence-electron chi connectivity index (χ2n) is 5.42. The molecule has 2 aromatic rings. The highest BCUT2D eigenvalue weighted by Gasteiger charge is 2.19. The lowest BCUT2D eigenvalue weighted by Gasteiger charge is -2.25. The second kappa shape index (κ2) is 7.59. The third-order valence-electron chi connectivity index (χ3n) is 3.62. The number of sulfonamides is 1. The molecule has 0 radical (unpaired) electrons. The van der Waals surface area contributed by atoms with Gasteiger partial charge in [0.2, 0.25) is 10.0 Å². The molecule has 2 aromatic carbocycles. The molecule has 2 rings (SSSR count). The predicted molar refractivity (Wildman–Crippen MR) is 91.1 cm³/mol. The van der Waals surface area contributed by atoms with Crippen molar-refractivity contribution in [1.82, 2.24) is 9.62 Å². The minimum absolute atomic E-state index is 0.0939. The van der Waals surface area contributed by atoms with Crippen LogP contribution in [0.15, 0.2) is 59.5 Å². The van der Waals surface area contributed by atoms with Gasteiger partial charge in [0.15, 0.2) is 0 Å². The van der Waals surface area contributed by atoms with Crippen LogP contribution < -0.4 is 9.46 Å². The third-order valence-corrected chi connectivity index (χ3v) is 5.06. The van der Waals surface area contributed by atoms with Gasteiger partial charge in [0.05, 0.1) is 12.0 Å². The third kappa shape index (κ3) is 4.54. The fourth-order valence-electron chi connectivity index (χ4n) is 2.32. The van der Waals surface area contributed by atoms with Gasteiger partial charge in [-0.05, 0) is 43.9 Å². The molecule has 1 N–H and O–H groups in total. The smallest absolute Gasteiger partial charge is 0.240 e. The summed E-state index contributed by atoms with van der Waals surface area (Å²) in [6.45, 7) is 0.275. The molecule has 124 valence electrons. The lowest BCUT2D eigenvalue weighted by Crippen LogP contribution is -2.34. The van der Waals surface area contributed by atoms with Crippen LogP contribution in [-0.4, -0.2) is 41.1 Å². The molecule has 0 unspecified atom stereocenters. The number of benzene rings is 2. The standard InChI is InChI=1S/C17H22N2O3S/c1-19(2)17(14-8-7-9-15(12-14)22-3)13-18-23(20,21)16-10-5-4-6-11-16/h4-12,17-18H,13H2,1-3H3/t17-/m1/s1. The van der Waals surface area contributed by atoms with Crippen LogP contribution in [-0.2, 0) is 10.0 Å². The highest BCUT2D eigenvalue weighted by molar-refractivity contribution is 7.89. The van der Waals surface area contributed by atoms with Gasteiger partial charge in [-0.15, -0.1) is 0 Å². The van der Waals surface area contributed by atoms with Gasteiger partial charge in [0.1, 0.15) is 5.75 Å². The van der Waals surface area contributed by atoms with Crippen molar-refractivity contribution >= 4 is 10.0 Å². The Bertz CT molecular complexity index is 731. The second-order valence-corrected chi connectivity index (χ2v) is 7.19. The maximum Gasteiger partial charge on any atom is 0.240 e. The Labute approximate surface area is 137 Å². The molecular weight excluding hydrogens is 312 g/mol. The molecule has 0 aliphatic rings. The number of rotatable bonds is 7. The van der Waals surface area contributed by atoms with E-state index in [0.29, 0.717) is 0 Å². The molecule has 0 fully saturated rings. The first kappa shape index (κ1) is 17.5. The first-order valence-corrected chi connectivity index (χ1v) is 8.77. The quantitative estimate of drug-likeness (QED) is 0.844. The molecule has 0 heterocycles. The molecule has 0 aliphatic carbocycles. The SMILES string of the molecule is COc1cccc([C@@H](CNS(=O)(=O)c2ccccc2)N(C)C)c1. The lowest BCUT2D eigenvalue weighted by atomic mass is 10.1. The number of likely N-dealkylation sites (N-methyl/N-ethyl adjacent to an activating group) is 1. The van der Waals surface area contributed by atoms with Gasteiger partial charge in [-0.25, -0.2) is 13.1 Å². The van der Waals surface area contributed by atoms with Crippen LogP contribution >= 0.6 is 0 Å². The van der Waals surface area contributed by atoms with Crippen molar-refractivity contribution in [3.8, 4) is 5.75 Å². The molecule has 0 aliphatic heterocycles. The zero-order chi connectivity index (χ0) is 16.9. The summed E-state index contributed by atoms with van der Waals surface area (Å²) in [5, 5.41) is 0. The van der Waals surface area contributed by atoms with Crippen LogP contribution in [0.4, 0.5) is 0 Å². The normalized spacial score (nSPS) is 13.0. The monoisotopic (exact) mass is 334 g/mol. The first-order valence-electron chi connectivity index (χ1n) is 7.29. The van der Waals surface area contributed by atoms with Crippen molar-refractivity contribution in [3.05, 3.63) is 60.2 Å². The summed E-state index contributed by atoms with van der Waals surface area (Å²) in [5.41, 5.74) is 0.991. The van der Waals surface area contributed by atoms with Crippen molar-refractivity contribution in [2.75, 3.05) is 27.7 Å². The largest absolute Gasteiger partial charge is 0.497 e. The van der Waals surface area contributed by atoms with E-state index in [1.165, 1.54) is 0 Å². The average Bonchev–Trinajstić information content (AvgIpc) is 2.55. The van der Waals surface area contributed by atoms with Crippen molar-refractivity contribution in [2.24, 2.45) is 0 Å². The Morgan fingerprint density at radius 1 is 1.09 bits per heavy atom. The van der Waals surface area contributed by atoms with Gasteiger partial charge in [0.25, 0.3) is 0 Å². The zero-order valence-corrected chi connectivity index (χ0v) is 14.4. The molecule has 0 spiro atoms. The molecule has 0 aromatic heterocycles. The van der Waals surface area contributed by atoms with Gasteiger partial charge < -0.3 is 9.64 Å². The maximum atomic E-state index is 12.4. The number of nitrogens with zero attached hydrogens (tertiary/aromatic N) is 1. The number of hydrogen-bond acceptors (Lipinski definition) is 4. The van der Waals surface area contributed by atoms with Gasteiger partial charge in [0, 0.05) is 12.6 Å². The summed E-state index contributed by atoms with van der Waals surface area (Å²) in [6.07, 6.45) is 0. The van der Waals surface area contributed by atoms with Crippen molar-refractivity contribution in [1.29, 1.82) is 0 Å². The Morgan fingerprint density at radius 2 is 1.78 bits per heavy atom. The molecule has 0 amide bonds. The fraction of sp³-hybridized carbons (Fsp3) is 0.294. The van der Waals surface area contributed by atoms with Crippen LogP contribution in [0.25, 0.3) is 0 Å². The van der Waals surface area contributed by atoms with Crippen molar-refractivity contribution in [3.63, 3.8) is 0 Å². The molecule has 1 atom stereocenters. The van der Waals surface area contributed by atoms with E-state index in [1.807, 2.05) is 43.3 Å². The van der Waals surface area contributed by atoms with Crippen molar-refractivity contribution < 1.29 is 13.2 Å². The van der Waals surface area contributed by atoms with E-state index in [0.717, 1.165) is 11.3 Å². The van der Waals surface area contributed by atoms with E-state index in [4.69, 9.17) is 4.74 Å². The van der Waals surface area contributed by atoms with Crippen LogP contribution in [0.5, 0.6) is 5.75 Å². The number of hydrogen-bond donors (Lipinski definition) is 1. The Balaban J connectivity index is 2.17. The number of methoxy groups -OCH3 is 1. The predicted octanol–water partition coefficient (Wildman–Crippen LogP) is 2.28. The van der Waals surface area contributed by atoms with E-state index in [2.05, 4.69) is 4.72 Å².